The van der Waals surface area contributed by atoms with Crippen molar-refractivity contribution in [2.24, 2.45) is 0 Å². The van der Waals surface area contributed by atoms with Gasteiger partial charge in [-0.3, -0.25) is 19.8 Å². The minimum Gasteiger partial charge on any atom is -0.294 e. The maximum Gasteiger partial charge on any atom is 0.270 e. The second kappa shape index (κ2) is 5.93. The van der Waals surface area contributed by atoms with Gasteiger partial charge in [-0.1, -0.05) is 12.1 Å². The van der Waals surface area contributed by atoms with Crippen molar-refractivity contribution in [3.05, 3.63) is 39.9 Å². The number of hydrogen-bond donors (Lipinski definition) is 0. The smallest absolute Gasteiger partial charge is 0.270 e. The molecule has 1 saturated heterocycles. The second-order valence-corrected chi connectivity index (χ2v) is 7.35. The molecule has 6 heteroatoms. The van der Waals surface area contributed by atoms with Crippen molar-refractivity contribution < 1.29 is 9.72 Å². The highest BCUT2D eigenvalue weighted by molar-refractivity contribution is 8.00. The average molecular weight is 294 g/mol. The van der Waals surface area contributed by atoms with E-state index in [1.165, 1.54) is 12.1 Å². The molecule has 0 atom stereocenters. The third-order valence-corrected chi connectivity index (χ3v) is 4.55. The summed E-state index contributed by atoms with van der Waals surface area (Å²) < 4.78 is 0.154. The van der Waals surface area contributed by atoms with Gasteiger partial charge < -0.3 is 0 Å². The summed E-state index contributed by atoms with van der Waals surface area (Å²) in [5.74, 6) is 0.950. The lowest BCUT2D eigenvalue weighted by atomic mass is 10.1. The molecule has 1 aromatic rings. The number of carbonyl (C=O) groups is 1. The van der Waals surface area contributed by atoms with Crippen LogP contribution in [0.1, 0.15) is 24.2 Å². The van der Waals surface area contributed by atoms with Gasteiger partial charge in [-0.05, 0) is 13.8 Å². The predicted octanol–water partition coefficient (Wildman–Crippen LogP) is 2.60. The Hall–Kier alpha value is -1.40. The second-order valence-electron chi connectivity index (χ2n) is 5.55. The normalized spacial score (nSPS) is 18.7. The number of non-ortho nitro benzene ring substituents is 1. The summed E-state index contributed by atoms with van der Waals surface area (Å²) in [6.07, 6.45) is 0. The fourth-order valence-corrected chi connectivity index (χ4v) is 3.51. The molecule has 0 amide bonds. The zero-order valence-corrected chi connectivity index (χ0v) is 12.5. The highest BCUT2D eigenvalue weighted by Crippen LogP contribution is 2.29. The number of nitro groups is 1. The van der Waals surface area contributed by atoms with Crippen molar-refractivity contribution >= 4 is 23.2 Å². The zero-order valence-electron chi connectivity index (χ0n) is 11.7. The maximum atomic E-state index is 12.2. The monoisotopic (exact) mass is 294 g/mol. The first-order chi connectivity index (χ1) is 9.37. The molecule has 108 valence electrons. The van der Waals surface area contributed by atoms with E-state index in [4.69, 9.17) is 0 Å². The van der Waals surface area contributed by atoms with E-state index in [9.17, 15) is 14.9 Å². The number of benzene rings is 1. The molecule has 20 heavy (non-hydrogen) atoms. The average Bonchev–Trinajstić information content (AvgIpc) is 2.37. The van der Waals surface area contributed by atoms with Gasteiger partial charge in [0.25, 0.3) is 5.69 Å². The Morgan fingerprint density at radius 2 is 2.25 bits per heavy atom. The molecule has 0 bridgehead atoms. The van der Waals surface area contributed by atoms with E-state index in [0.717, 1.165) is 18.8 Å². The number of rotatable bonds is 4. The first-order valence-electron chi connectivity index (χ1n) is 6.51. The van der Waals surface area contributed by atoms with Crippen LogP contribution >= 0.6 is 11.8 Å². The Bertz CT molecular complexity index is 531. The number of nitrogens with zero attached hydrogens (tertiary/aromatic N) is 2. The van der Waals surface area contributed by atoms with E-state index in [-0.39, 0.29) is 16.2 Å². The largest absolute Gasteiger partial charge is 0.294 e. The van der Waals surface area contributed by atoms with E-state index in [2.05, 4.69) is 18.7 Å². The summed E-state index contributed by atoms with van der Waals surface area (Å²) in [7, 11) is 0. The summed E-state index contributed by atoms with van der Waals surface area (Å²) in [5, 5.41) is 10.7. The molecule has 0 radical (unpaired) electrons. The first kappa shape index (κ1) is 15.0. The molecule has 1 aromatic carbocycles. The van der Waals surface area contributed by atoms with Crippen LogP contribution in [0.3, 0.4) is 0 Å². The summed E-state index contributed by atoms with van der Waals surface area (Å²) >= 11 is 1.91. The molecule has 1 heterocycles. The van der Waals surface area contributed by atoms with Gasteiger partial charge >= 0.3 is 0 Å². The molecule has 0 unspecified atom stereocenters. The molecule has 1 aliphatic rings. The maximum absolute atomic E-state index is 12.2. The van der Waals surface area contributed by atoms with Gasteiger partial charge in [0.05, 0.1) is 11.5 Å². The van der Waals surface area contributed by atoms with Crippen LogP contribution in [0.15, 0.2) is 24.3 Å². The van der Waals surface area contributed by atoms with Crippen molar-refractivity contribution in [2.75, 3.05) is 25.4 Å². The molecule has 1 fully saturated rings. The number of thioether (sulfide) groups is 1. The van der Waals surface area contributed by atoms with Crippen LogP contribution in [0.25, 0.3) is 0 Å². The van der Waals surface area contributed by atoms with E-state index in [0.29, 0.717) is 12.1 Å². The quantitative estimate of drug-likeness (QED) is 0.485. The Morgan fingerprint density at radius 1 is 1.50 bits per heavy atom. The van der Waals surface area contributed by atoms with Crippen LogP contribution in [0.2, 0.25) is 0 Å². The summed E-state index contributed by atoms with van der Waals surface area (Å²) in [6.45, 7) is 6.40. The van der Waals surface area contributed by atoms with Crippen molar-refractivity contribution in [3.63, 3.8) is 0 Å². The van der Waals surface area contributed by atoms with Crippen LogP contribution in [0.4, 0.5) is 5.69 Å². The molecule has 0 spiro atoms. The van der Waals surface area contributed by atoms with Crippen LogP contribution < -0.4 is 0 Å². The number of carbonyl (C=O) groups excluding carboxylic acids is 1. The van der Waals surface area contributed by atoms with E-state index >= 15 is 0 Å². The highest BCUT2D eigenvalue weighted by atomic mass is 32.2. The van der Waals surface area contributed by atoms with E-state index in [1.807, 2.05) is 11.8 Å². The Morgan fingerprint density at radius 3 is 2.90 bits per heavy atom. The molecule has 0 aromatic heterocycles. The number of ketones is 1. The number of hydrogen-bond acceptors (Lipinski definition) is 5. The highest BCUT2D eigenvalue weighted by Gasteiger charge is 2.28. The third kappa shape index (κ3) is 3.80. The van der Waals surface area contributed by atoms with E-state index in [1.54, 1.807) is 12.1 Å². The van der Waals surface area contributed by atoms with Gasteiger partial charge in [-0.2, -0.15) is 11.8 Å². The molecule has 1 aliphatic heterocycles. The fourth-order valence-electron chi connectivity index (χ4n) is 2.34. The fraction of sp³-hybridized carbons (Fsp3) is 0.500. The van der Waals surface area contributed by atoms with Gasteiger partial charge in [0, 0.05) is 41.3 Å². The molecule has 0 saturated carbocycles. The van der Waals surface area contributed by atoms with Gasteiger partial charge in [0.1, 0.15) is 0 Å². The van der Waals surface area contributed by atoms with Gasteiger partial charge in [0.2, 0.25) is 0 Å². The molecular formula is C14H18N2O3S. The minimum atomic E-state index is -0.475. The van der Waals surface area contributed by atoms with Crippen molar-refractivity contribution in [1.29, 1.82) is 0 Å². The third-order valence-electron chi connectivity index (χ3n) is 3.25. The lowest BCUT2D eigenvalue weighted by molar-refractivity contribution is -0.384. The first-order valence-corrected chi connectivity index (χ1v) is 7.50. The van der Waals surface area contributed by atoms with Crippen molar-refractivity contribution in [1.82, 2.24) is 4.90 Å². The Kier molecular flexibility index (Phi) is 4.45. The summed E-state index contributed by atoms with van der Waals surface area (Å²) in [6, 6.07) is 5.95. The van der Waals surface area contributed by atoms with Crippen LogP contribution in [-0.4, -0.2) is 45.7 Å². The van der Waals surface area contributed by atoms with Crippen LogP contribution in [0, 0.1) is 10.1 Å². The molecule has 0 aliphatic carbocycles. The zero-order chi connectivity index (χ0) is 14.8. The lowest BCUT2D eigenvalue weighted by Crippen LogP contribution is -2.45. The Labute approximate surface area is 122 Å². The van der Waals surface area contributed by atoms with Gasteiger partial charge in [0.15, 0.2) is 5.78 Å². The van der Waals surface area contributed by atoms with Gasteiger partial charge in [-0.15, -0.1) is 0 Å². The summed E-state index contributed by atoms with van der Waals surface area (Å²) in [5.41, 5.74) is 0.376. The van der Waals surface area contributed by atoms with Crippen molar-refractivity contribution in [3.8, 4) is 0 Å². The Balaban J connectivity index is 2.05. The van der Waals surface area contributed by atoms with Crippen molar-refractivity contribution in [2.45, 2.75) is 18.6 Å². The van der Waals surface area contributed by atoms with Crippen LogP contribution in [-0.2, 0) is 0 Å². The summed E-state index contributed by atoms with van der Waals surface area (Å²) in [4.78, 5) is 24.6. The predicted molar refractivity (Wildman–Crippen MR) is 80.4 cm³/mol. The molecule has 2 rings (SSSR count). The topological polar surface area (TPSA) is 63.5 Å². The number of nitro benzene ring substituents is 1. The minimum absolute atomic E-state index is 0.0367. The SMILES string of the molecule is CC1(C)CN(CC(=O)c2cccc([N+](=O)[O-])c2)CCS1. The molecule has 5 nitrogen and oxygen atoms in total. The molecular weight excluding hydrogens is 276 g/mol. The van der Waals surface area contributed by atoms with Crippen LogP contribution in [0.5, 0.6) is 0 Å². The number of Topliss-reactive ketones (excluding diaryl/α,β-unsaturated/α-hetero) is 1. The van der Waals surface area contributed by atoms with Gasteiger partial charge in [-0.25, -0.2) is 0 Å². The lowest BCUT2D eigenvalue weighted by Gasteiger charge is -2.37. The standard InChI is InChI=1S/C14H18N2O3S/c1-14(2)10-15(6-7-20-14)9-13(17)11-4-3-5-12(8-11)16(18)19/h3-5,8H,6-7,9-10H2,1-2H3. The van der Waals surface area contributed by atoms with E-state index < -0.39 is 4.92 Å². The molecule has 0 N–H and O–H groups in total.